The van der Waals surface area contributed by atoms with E-state index < -0.39 is 0 Å². The maximum atomic E-state index is 12.5. The van der Waals surface area contributed by atoms with E-state index in [1.807, 2.05) is 30.3 Å². The van der Waals surface area contributed by atoms with Gasteiger partial charge >= 0.3 is 0 Å². The van der Waals surface area contributed by atoms with Gasteiger partial charge in [-0.1, -0.05) is 32.1 Å². The molecule has 0 unspecified atom stereocenters. The predicted octanol–water partition coefficient (Wildman–Crippen LogP) is 3.98. The average molecular weight is 379 g/mol. The molecule has 0 bridgehead atoms. The van der Waals surface area contributed by atoms with Crippen molar-refractivity contribution < 1.29 is 9.53 Å². The second-order valence-corrected chi connectivity index (χ2v) is 7.28. The minimum atomic E-state index is -0.275. The van der Waals surface area contributed by atoms with E-state index in [-0.39, 0.29) is 5.91 Å². The zero-order chi connectivity index (χ0) is 19.3. The van der Waals surface area contributed by atoms with E-state index in [1.54, 1.807) is 24.1 Å². The standard InChI is InChI=1S/C21H25N5O2/c1-28-18-9-7-17(8-10-18)26-12-11-19(25-26)21(27)22-20-14-16(23-24-20)13-15-5-3-2-4-6-15/h7-12,14-15H,2-6,13H2,1H3,(H2,22,23,24,27). The lowest BCUT2D eigenvalue weighted by Gasteiger charge is -2.20. The molecule has 2 heterocycles. The Balaban J connectivity index is 1.38. The molecule has 2 N–H and O–H groups in total. The Bertz CT molecular complexity index is 922. The van der Waals surface area contributed by atoms with Crippen molar-refractivity contribution in [3.05, 3.63) is 54.0 Å². The van der Waals surface area contributed by atoms with E-state index in [4.69, 9.17) is 4.74 Å². The number of carbonyl (C=O) groups excluding carboxylic acids is 1. The number of methoxy groups -OCH3 is 1. The highest BCUT2D eigenvalue weighted by Gasteiger charge is 2.16. The Morgan fingerprint density at radius 3 is 2.75 bits per heavy atom. The Morgan fingerprint density at radius 2 is 2.00 bits per heavy atom. The smallest absolute Gasteiger partial charge is 0.277 e. The van der Waals surface area contributed by atoms with Crippen LogP contribution in [0, 0.1) is 5.92 Å². The molecular formula is C21H25N5O2. The van der Waals surface area contributed by atoms with Gasteiger partial charge in [0, 0.05) is 18.0 Å². The first kappa shape index (κ1) is 18.3. The van der Waals surface area contributed by atoms with E-state index in [0.717, 1.165) is 29.5 Å². The van der Waals surface area contributed by atoms with Crippen molar-refractivity contribution in [2.24, 2.45) is 5.92 Å². The van der Waals surface area contributed by atoms with E-state index in [1.165, 1.54) is 32.1 Å². The molecule has 146 valence electrons. The summed E-state index contributed by atoms with van der Waals surface area (Å²) in [7, 11) is 1.63. The van der Waals surface area contributed by atoms with Crippen LogP contribution in [0.2, 0.25) is 0 Å². The SMILES string of the molecule is COc1ccc(-n2ccc(C(=O)Nc3cc(CC4CCCCC4)[nH]n3)n2)cc1. The molecule has 0 atom stereocenters. The van der Waals surface area contributed by atoms with Gasteiger partial charge in [0.15, 0.2) is 11.5 Å². The second-order valence-electron chi connectivity index (χ2n) is 7.28. The molecule has 28 heavy (non-hydrogen) atoms. The van der Waals surface area contributed by atoms with Gasteiger partial charge in [0.2, 0.25) is 0 Å². The van der Waals surface area contributed by atoms with Gasteiger partial charge in [0.05, 0.1) is 12.8 Å². The van der Waals surface area contributed by atoms with Crippen molar-refractivity contribution in [3.8, 4) is 11.4 Å². The number of amides is 1. The number of hydrogen-bond acceptors (Lipinski definition) is 4. The third-order valence-electron chi connectivity index (χ3n) is 5.26. The number of nitrogens with one attached hydrogen (secondary N) is 2. The fourth-order valence-electron chi connectivity index (χ4n) is 3.74. The van der Waals surface area contributed by atoms with Crippen molar-refractivity contribution in [1.29, 1.82) is 0 Å². The third-order valence-corrected chi connectivity index (χ3v) is 5.26. The fourth-order valence-corrected chi connectivity index (χ4v) is 3.74. The van der Waals surface area contributed by atoms with Crippen LogP contribution in [-0.4, -0.2) is 33.0 Å². The number of aromatic nitrogens is 4. The zero-order valence-corrected chi connectivity index (χ0v) is 16.0. The first-order chi connectivity index (χ1) is 13.7. The lowest BCUT2D eigenvalue weighted by Crippen LogP contribution is -2.13. The van der Waals surface area contributed by atoms with Gasteiger partial charge in [-0.25, -0.2) is 4.68 Å². The molecule has 3 aromatic rings. The predicted molar refractivity (Wildman–Crippen MR) is 107 cm³/mol. The molecule has 1 aromatic carbocycles. The summed E-state index contributed by atoms with van der Waals surface area (Å²) in [6.45, 7) is 0. The molecule has 1 saturated carbocycles. The molecule has 4 rings (SSSR count). The number of rotatable bonds is 6. The topological polar surface area (TPSA) is 84.8 Å². The number of hydrogen-bond donors (Lipinski definition) is 2. The van der Waals surface area contributed by atoms with Crippen LogP contribution in [-0.2, 0) is 6.42 Å². The second kappa shape index (κ2) is 8.29. The third kappa shape index (κ3) is 4.24. The average Bonchev–Trinajstić information content (AvgIpc) is 3.39. The number of aromatic amines is 1. The lowest BCUT2D eigenvalue weighted by atomic mass is 9.86. The zero-order valence-electron chi connectivity index (χ0n) is 16.0. The summed E-state index contributed by atoms with van der Waals surface area (Å²) in [4.78, 5) is 12.5. The molecule has 1 amide bonds. The van der Waals surface area contributed by atoms with Crippen LogP contribution in [0.3, 0.4) is 0 Å². The van der Waals surface area contributed by atoms with Crippen LogP contribution in [0.5, 0.6) is 5.75 Å². The monoisotopic (exact) mass is 379 g/mol. The molecule has 7 heteroatoms. The van der Waals surface area contributed by atoms with Crippen LogP contribution in [0.15, 0.2) is 42.6 Å². The van der Waals surface area contributed by atoms with E-state index in [2.05, 4.69) is 20.6 Å². The van der Waals surface area contributed by atoms with Crippen LogP contribution in [0.25, 0.3) is 5.69 Å². The van der Waals surface area contributed by atoms with Crippen molar-refractivity contribution >= 4 is 11.7 Å². The number of carbonyl (C=O) groups is 1. The van der Waals surface area contributed by atoms with Crippen molar-refractivity contribution in [1.82, 2.24) is 20.0 Å². The maximum absolute atomic E-state index is 12.5. The van der Waals surface area contributed by atoms with Gasteiger partial charge < -0.3 is 10.1 Å². The number of H-pyrrole nitrogens is 1. The highest BCUT2D eigenvalue weighted by atomic mass is 16.5. The number of nitrogens with zero attached hydrogens (tertiary/aromatic N) is 3. The van der Waals surface area contributed by atoms with Gasteiger partial charge in [-0.2, -0.15) is 10.2 Å². The summed E-state index contributed by atoms with van der Waals surface area (Å²) >= 11 is 0. The van der Waals surface area contributed by atoms with Crippen LogP contribution >= 0.6 is 0 Å². The molecule has 0 saturated heterocycles. The normalized spacial score (nSPS) is 14.8. The molecule has 1 aliphatic carbocycles. The van der Waals surface area contributed by atoms with Gasteiger partial charge in [-0.3, -0.25) is 9.89 Å². The Labute approximate surface area is 164 Å². The van der Waals surface area contributed by atoms with Crippen molar-refractivity contribution in [3.63, 3.8) is 0 Å². The van der Waals surface area contributed by atoms with Gasteiger partial charge in [0.1, 0.15) is 5.75 Å². The summed E-state index contributed by atoms with van der Waals surface area (Å²) in [6, 6.07) is 11.1. The number of ether oxygens (including phenoxy) is 1. The van der Waals surface area contributed by atoms with E-state index in [9.17, 15) is 4.79 Å². The first-order valence-electron chi connectivity index (χ1n) is 9.77. The van der Waals surface area contributed by atoms with Crippen molar-refractivity contribution in [2.75, 3.05) is 12.4 Å². The molecule has 1 aliphatic rings. The summed E-state index contributed by atoms with van der Waals surface area (Å²) in [5.74, 6) is 1.76. The Morgan fingerprint density at radius 1 is 1.21 bits per heavy atom. The van der Waals surface area contributed by atoms with Crippen molar-refractivity contribution in [2.45, 2.75) is 38.5 Å². The molecule has 0 radical (unpaired) electrons. The first-order valence-corrected chi connectivity index (χ1v) is 9.77. The summed E-state index contributed by atoms with van der Waals surface area (Å²) < 4.78 is 6.82. The summed E-state index contributed by atoms with van der Waals surface area (Å²) in [5, 5.41) is 14.5. The number of benzene rings is 1. The number of anilines is 1. The molecule has 0 aliphatic heterocycles. The lowest BCUT2D eigenvalue weighted by molar-refractivity contribution is 0.102. The summed E-state index contributed by atoms with van der Waals surface area (Å²) in [6.07, 6.45) is 9.31. The minimum Gasteiger partial charge on any atom is -0.497 e. The minimum absolute atomic E-state index is 0.275. The Kier molecular flexibility index (Phi) is 5.41. The van der Waals surface area contributed by atoms with Crippen LogP contribution in [0.4, 0.5) is 5.82 Å². The van der Waals surface area contributed by atoms with Crippen LogP contribution < -0.4 is 10.1 Å². The van der Waals surface area contributed by atoms with Gasteiger partial charge in [-0.05, 0) is 42.7 Å². The highest BCUT2D eigenvalue weighted by molar-refractivity contribution is 6.02. The molecule has 1 fully saturated rings. The largest absolute Gasteiger partial charge is 0.497 e. The van der Waals surface area contributed by atoms with Gasteiger partial charge in [-0.15, -0.1) is 0 Å². The van der Waals surface area contributed by atoms with Gasteiger partial charge in [0.25, 0.3) is 5.91 Å². The van der Waals surface area contributed by atoms with E-state index >= 15 is 0 Å². The van der Waals surface area contributed by atoms with E-state index in [0.29, 0.717) is 11.5 Å². The molecule has 2 aromatic heterocycles. The quantitative estimate of drug-likeness (QED) is 0.678. The molecule has 7 nitrogen and oxygen atoms in total. The molecular weight excluding hydrogens is 354 g/mol. The fraction of sp³-hybridized carbons (Fsp3) is 0.381. The molecule has 0 spiro atoms. The maximum Gasteiger partial charge on any atom is 0.277 e. The highest BCUT2D eigenvalue weighted by Crippen LogP contribution is 2.26. The van der Waals surface area contributed by atoms with Crippen LogP contribution in [0.1, 0.15) is 48.3 Å². The summed E-state index contributed by atoms with van der Waals surface area (Å²) in [5.41, 5.74) is 2.27. The Hall–Kier alpha value is -3.09.